The third-order valence-electron chi connectivity index (χ3n) is 1.55. The van der Waals surface area contributed by atoms with E-state index in [2.05, 4.69) is 10.2 Å². The van der Waals surface area contributed by atoms with Crippen LogP contribution in [0.4, 0.5) is 0 Å². The number of aryl methyl sites for hydroxylation is 1. The maximum atomic E-state index is 5.83. The predicted molar refractivity (Wildman–Crippen MR) is 49.0 cm³/mol. The summed E-state index contributed by atoms with van der Waals surface area (Å²) in [4.78, 5) is 0. The number of aromatic nitrogens is 3. The lowest BCUT2D eigenvalue weighted by Gasteiger charge is -1.99. The van der Waals surface area contributed by atoms with E-state index < -0.39 is 0 Å². The van der Waals surface area contributed by atoms with Crippen molar-refractivity contribution in [2.24, 2.45) is 0 Å². The van der Waals surface area contributed by atoms with Crippen LogP contribution in [0.3, 0.4) is 0 Å². The van der Waals surface area contributed by atoms with E-state index in [0.717, 1.165) is 11.5 Å². The maximum Gasteiger partial charge on any atom is 0.229 e. The van der Waals surface area contributed by atoms with Crippen molar-refractivity contribution in [3.8, 4) is 5.69 Å². The zero-order valence-electron chi connectivity index (χ0n) is 6.36. The van der Waals surface area contributed by atoms with Crippen molar-refractivity contribution in [3.63, 3.8) is 0 Å². The zero-order valence-corrected chi connectivity index (χ0v) is 7.93. The van der Waals surface area contributed by atoms with Gasteiger partial charge in [-0.3, -0.25) is 4.57 Å². The number of nitrogens with zero attached hydrogens (tertiary/aromatic N) is 3. The van der Waals surface area contributed by atoms with Crippen LogP contribution in [0, 0.1) is 6.92 Å². The second-order valence-corrected chi connectivity index (χ2v) is 3.45. The average molecular weight is 200 g/mol. The Balaban J connectivity index is 2.60. The van der Waals surface area contributed by atoms with E-state index in [1.165, 1.54) is 0 Å². The van der Waals surface area contributed by atoms with Gasteiger partial charge in [0.05, 0.1) is 5.69 Å². The normalized spacial score (nSPS) is 10.5. The Kier molecular flexibility index (Phi) is 1.86. The minimum atomic E-state index is 0.408. The molecule has 2 aromatic heterocycles. The summed E-state index contributed by atoms with van der Waals surface area (Å²) in [5, 5.41) is 12.0. The lowest BCUT2D eigenvalue weighted by molar-refractivity contribution is 0.974. The monoisotopic (exact) mass is 199 g/mol. The highest BCUT2D eigenvalue weighted by Crippen LogP contribution is 2.18. The van der Waals surface area contributed by atoms with E-state index in [0.29, 0.717) is 5.28 Å². The lowest BCUT2D eigenvalue weighted by atomic mass is 10.5. The SMILES string of the molecule is Cc1nnc(Cl)n1-c1ccsc1. The fourth-order valence-corrected chi connectivity index (χ4v) is 1.89. The van der Waals surface area contributed by atoms with Gasteiger partial charge in [-0.1, -0.05) is 0 Å². The second kappa shape index (κ2) is 2.88. The first-order valence-electron chi connectivity index (χ1n) is 3.39. The Morgan fingerprint density at radius 1 is 1.50 bits per heavy atom. The van der Waals surface area contributed by atoms with E-state index in [1.54, 1.807) is 15.9 Å². The summed E-state index contributed by atoms with van der Waals surface area (Å²) in [6, 6.07) is 1.98. The van der Waals surface area contributed by atoms with E-state index in [1.807, 2.05) is 23.8 Å². The molecular weight excluding hydrogens is 194 g/mol. The van der Waals surface area contributed by atoms with Crippen LogP contribution in [-0.2, 0) is 0 Å². The molecule has 0 aliphatic rings. The van der Waals surface area contributed by atoms with Gasteiger partial charge < -0.3 is 0 Å². The Labute approximate surface area is 78.6 Å². The smallest absolute Gasteiger partial charge is 0.229 e. The van der Waals surface area contributed by atoms with Crippen LogP contribution in [0.15, 0.2) is 16.8 Å². The van der Waals surface area contributed by atoms with E-state index >= 15 is 0 Å². The molecule has 0 atom stereocenters. The highest BCUT2D eigenvalue weighted by molar-refractivity contribution is 7.08. The summed E-state index contributed by atoms with van der Waals surface area (Å²) in [7, 11) is 0. The van der Waals surface area contributed by atoms with Crippen LogP contribution in [0.25, 0.3) is 5.69 Å². The Morgan fingerprint density at radius 3 is 2.83 bits per heavy atom. The summed E-state index contributed by atoms with van der Waals surface area (Å²) in [5.41, 5.74) is 1.02. The lowest BCUT2D eigenvalue weighted by Crippen LogP contribution is -1.94. The highest BCUT2D eigenvalue weighted by Gasteiger charge is 2.07. The van der Waals surface area contributed by atoms with Crippen molar-refractivity contribution in [3.05, 3.63) is 27.9 Å². The van der Waals surface area contributed by atoms with Crippen LogP contribution in [0.2, 0.25) is 5.28 Å². The summed E-state index contributed by atoms with van der Waals surface area (Å²) in [5.74, 6) is 0.804. The molecule has 0 aliphatic carbocycles. The number of rotatable bonds is 1. The highest BCUT2D eigenvalue weighted by atomic mass is 35.5. The van der Waals surface area contributed by atoms with Gasteiger partial charge in [-0.2, -0.15) is 11.3 Å². The van der Waals surface area contributed by atoms with Gasteiger partial charge in [-0.25, -0.2) is 0 Å². The Morgan fingerprint density at radius 2 is 2.33 bits per heavy atom. The summed E-state index contributed by atoms with van der Waals surface area (Å²) in [6.45, 7) is 1.87. The minimum absolute atomic E-state index is 0.408. The third-order valence-corrected chi connectivity index (χ3v) is 2.47. The molecular formula is C7H6ClN3S. The molecule has 2 rings (SSSR count). The van der Waals surface area contributed by atoms with Crippen molar-refractivity contribution in [1.29, 1.82) is 0 Å². The van der Waals surface area contributed by atoms with Gasteiger partial charge >= 0.3 is 0 Å². The Bertz CT molecular complexity index is 360. The Hall–Kier alpha value is -0.870. The van der Waals surface area contributed by atoms with Gasteiger partial charge in [-0.15, -0.1) is 10.2 Å². The quantitative estimate of drug-likeness (QED) is 0.706. The summed E-state index contributed by atoms with van der Waals surface area (Å²) >= 11 is 7.45. The first-order chi connectivity index (χ1) is 5.79. The van der Waals surface area contributed by atoms with Crippen molar-refractivity contribution in [1.82, 2.24) is 14.8 Å². The molecule has 3 nitrogen and oxygen atoms in total. The molecule has 0 N–H and O–H groups in total. The molecule has 0 unspecified atom stereocenters. The molecule has 62 valence electrons. The van der Waals surface area contributed by atoms with Crippen LogP contribution in [0.1, 0.15) is 5.82 Å². The molecule has 0 aromatic carbocycles. The fraction of sp³-hybridized carbons (Fsp3) is 0.143. The molecule has 0 amide bonds. The van der Waals surface area contributed by atoms with Crippen molar-refractivity contribution < 1.29 is 0 Å². The van der Waals surface area contributed by atoms with Crippen molar-refractivity contribution in [2.45, 2.75) is 6.92 Å². The van der Waals surface area contributed by atoms with Crippen LogP contribution in [0.5, 0.6) is 0 Å². The van der Waals surface area contributed by atoms with Gasteiger partial charge in [0, 0.05) is 5.38 Å². The summed E-state index contributed by atoms with van der Waals surface area (Å²) in [6.07, 6.45) is 0. The topological polar surface area (TPSA) is 30.7 Å². The standard InChI is InChI=1S/C7H6ClN3S/c1-5-9-10-7(8)11(5)6-2-3-12-4-6/h2-4H,1H3. The number of hydrogen-bond acceptors (Lipinski definition) is 3. The van der Waals surface area contributed by atoms with Gasteiger partial charge in [0.1, 0.15) is 5.82 Å². The van der Waals surface area contributed by atoms with Crippen molar-refractivity contribution in [2.75, 3.05) is 0 Å². The van der Waals surface area contributed by atoms with Gasteiger partial charge in [0.25, 0.3) is 0 Å². The minimum Gasteiger partial charge on any atom is -0.269 e. The van der Waals surface area contributed by atoms with Crippen LogP contribution in [-0.4, -0.2) is 14.8 Å². The van der Waals surface area contributed by atoms with Gasteiger partial charge in [0.15, 0.2) is 0 Å². The molecule has 2 heterocycles. The number of hydrogen-bond donors (Lipinski definition) is 0. The maximum absolute atomic E-state index is 5.83. The molecule has 0 spiro atoms. The molecule has 12 heavy (non-hydrogen) atoms. The number of thiophene rings is 1. The molecule has 2 aromatic rings. The third kappa shape index (κ3) is 1.13. The second-order valence-electron chi connectivity index (χ2n) is 2.33. The molecule has 0 bridgehead atoms. The zero-order chi connectivity index (χ0) is 8.55. The molecule has 0 saturated carbocycles. The fourth-order valence-electron chi connectivity index (χ4n) is 1.01. The number of halogens is 1. The summed E-state index contributed by atoms with van der Waals surface area (Å²) < 4.78 is 1.80. The first kappa shape index (κ1) is 7.76. The van der Waals surface area contributed by atoms with Gasteiger partial charge in [-0.05, 0) is 30.0 Å². The predicted octanol–water partition coefficient (Wildman–Crippen LogP) is 2.29. The van der Waals surface area contributed by atoms with E-state index in [4.69, 9.17) is 11.6 Å². The van der Waals surface area contributed by atoms with E-state index in [-0.39, 0.29) is 0 Å². The molecule has 0 saturated heterocycles. The largest absolute Gasteiger partial charge is 0.269 e. The first-order valence-corrected chi connectivity index (χ1v) is 4.71. The van der Waals surface area contributed by atoms with Crippen LogP contribution >= 0.6 is 22.9 Å². The molecule has 0 radical (unpaired) electrons. The molecule has 0 fully saturated rings. The van der Waals surface area contributed by atoms with E-state index in [9.17, 15) is 0 Å². The average Bonchev–Trinajstić information content (AvgIpc) is 2.61. The molecule has 0 aliphatic heterocycles. The molecule has 5 heteroatoms. The van der Waals surface area contributed by atoms with Crippen LogP contribution < -0.4 is 0 Å². The van der Waals surface area contributed by atoms with Crippen molar-refractivity contribution >= 4 is 22.9 Å². The van der Waals surface area contributed by atoms with Gasteiger partial charge in [0.2, 0.25) is 5.28 Å².